The molecule has 0 aliphatic carbocycles. The molecule has 0 aromatic heterocycles. The molecule has 0 aliphatic rings. The zero-order valence-electron chi connectivity index (χ0n) is 1.44. The predicted octanol–water partition coefficient (Wildman–Crippen LogP) is 0.835. The Bertz CT molecular complexity index is 6.00. The van der Waals surface area contributed by atoms with Crippen LogP contribution >= 0.6 is 0 Å². The summed E-state index contributed by atoms with van der Waals surface area (Å²) in [5, 5.41) is 0. The third-order valence-corrected chi connectivity index (χ3v) is 0. The number of rotatable bonds is 0. The van der Waals surface area contributed by atoms with E-state index in [4.69, 9.17) is 0 Å². The summed E-state index contributed by atoms with van der Waals surface area (Å²) in [7, 11) is 0. The van der Waals surface area contributed by atoms with Gasteiger partial charge in [0.05, 0.1) is 0 Å². The van der Waals surface area contributed by atoms with Crippen molar-refractivity contribution in [2.75, 3.05) is 0 Å². The minimum atomic E-state index is -1.19. The fraction of sp³-hybridized carbons (Fsp3) is 0. The van der Waals surface area contributed by atoms with Gasteiger partial charge in [0, 0.05) is 17.1 Å². The largest absolute Gasteiger partial charge is 0 e. The number of halogens is 2. The Labute approximate surface area is 40.5 Å². The SMILES string of the molecule is [F][Cu][F].[Mn]. The quantitative estimate of drug-likeness (QED) is 0.456. The fourth-order valence-electron chi connectivity index (χ4n) is 0. The van der Waals surface area contributed by atoms with E-state index in [9.17, 15) is 7.10 Å². The normalized spacial score (nSPS) is 5.50. The van der Waals surface area contributed by atoms with Crippen LogP contribution in [0.25, 0.3) is 0 Å². The molecule has 0 fully saturated rings. The zero-order valence-corrected chi connectivity index (χ0v) is 3.56. The van der Waals surface area contributed by atoms with Gasteiger partial charge in [0.25, 0.3) is 0 Å². The van der Waals surface area contributed by atoms with Crippen LogP contribution in [0.3, 0.4) is 0 Å². The van der Waals surface area contributed by atoms with Gasteiger partial charge in [0.1, 0.15) is 0 Å². The van der Waals surface area contributed by atoms with Crippen molar-refractivity contribution in [3.8, 4) is 0 Å². The molecular formula is CuF2Mn. The second-order valence-corrected chi connectivity index (χ2v) is 0.178. The van der Waals surface area contributed by atoms with Gasteiger partial charge in [-0.3, -0.25) is 0 Å². The third kappa shape index (κ3) is 12.9. The molecule has 0 aromatic rings. The minimum Gasteiger partial charge on any atom is 0 e. The number of hydrogen-bond donors (Lipinski definition) is 0. The first-order valence-corrected chi connectivity index (χ1v) is 0.940. The summed E-state index contributed by atoms with van der Waals surface area (Å²) in [5.41, 5.74) is 0. The van der Waals surface area contributed by atoms with Crippen molar-refractivity contribution in [3.63, 3.8) is 0 Å². The first kappa shape index (κ1) is 8.86. The molecule has 0 aliphatic heterocycles. The Morgan fingerprint density at radius 2 is 1.25 bits per heavy atom. The van der Waals surface area contributed by atoms with Crippen molar-refractivity contribution in [1.29, 1.82) is 0 Å². The van der Waals surface area contributed by atoms with E-state index in [0.29, 0.717) is 0 Å². The molecule has 0 atom stereocenters. The van der Waals surface area contributed by atoms with E-state index in [1.54, 1.807) is 0 Å². The Balaban J connectivity index is 0. The van der Waals surface area contributed by atoms with Crippen LogP contribution < -0.4 is 0 Å². The van der Waals surface area contributed by atoms with E-state index in [0.717, 1.165) is 0 Å². The van der Waals surface area contributed by atoms with Crippen LogP contribution in [0.5, 0.6) is 0 Å². The summed E-state index contributed by atoms with van der Waals surface area (Å²) in [5.74, 6) is 0. The molecule has 0 saturated carbocycles. The van der Waals surface area contributed by atoms with Gasteiger partial charge in [-0.1, -0.05) is 0 Å². The minimum absolute atomic E-state index is 0. The third-order valence-electron chi connectivity index (χ3n) is 0. The van der Waals surface area contributed by atoms with Gasteiger partial charge in [-0.25, -0.2) is 0 Å². The van der Waals surface area contributed by atoms with E-state index < -0.39 is 15.9 Å². The topological polar surface area (TPSA) is 0 Å². The Hall–Kier alpha value is 0.899. The van der Waals surface area contributed by atoms with Gasteiger partial charge < -0.3 is 0 Å². The van der Waals surface area contributed by atoms with E-state index >= 15 is 0 Å². The average Bonchev–Trinajstić information content (AvgIpc) is 0.918. The van der Waals surface area contributed by atoms with Crippen molar-refractivity contribution in [2.45, 2.75) is 0 Å². The summed E-state index contributed by atoms with van der Waals surface area (Å²) >= 11 is -1.19. The maximum Gasteiger partial charge on any atom is 0 e. The predicted molar refractivity (Wildman–Crippen MR) is 2.22 cm³/mol. The van der Waals surface area contributed by atoms with Crippen molar-refractivity contribution < 1.29 is 40.0 Å². The van der Waals surface area contributed by atoms with Gasteiger partial charge in [0.15, 0.2) is 0 Å². The van der Waals surface area contributed by atoms with Crippen LogP contribution in [-0.4, -0.2) is 0 Å². The van der Waals surface area contributed by atoms with E-state index in [1.807, 2.05) is 0 Å². The molecule has 1 radical (unpaired) electrons. The van der Waals surface area contributed by atoms with Gasteiger partial charge >= 0.3 is 23.0 Å². The van der Waals surface area contributed by atoms with Crippen LogP contribution in [0.2, 0.25) is 0 Å². The first-order valence-electron chi connectivity index (χ1n) is 0.228. The zero-order chi connectivity index (χ0) is 2.71. The van der Waals surface area contributed by atoms with Crippen LogP contribution in [0, 0.1) is 0 Å². The molecule has 0 saturated heterocycles. The Morgan fingerprint density at radius 3 is 1.25 bits per heavy atom. The monoisotopic (exact) mass is 156 g/mol. The second-order valence-electron chi connectivity index (χ2n) is 0.0431. The summed E-state index contributed by atoms with van der Waals surface area (Å²) in [6.45, 7) is 0. The fourth-order valence-corrected chi connectivity index (χ4v) is 0. The summed E-state index contributed by atoms with van der Waals surface area (Å²) in [4.78, 5) is 0. The molecule has 0 aromatic carbocycles. The molecule has 4 heavy (non-hydrogen) atoms. The molecule has 0 bridgehead atoms. The van der Waals surface area contributed by atoms with Crippen LogP contribution in [0.1, 0.15) is 0 Å². The van der Waals surface area contributed by atoms with Crippen molar-refractivity contribution >= 4 is 0 Å². The van der Waals surface area contributed by atoms with Crippen molar-refractivity contribution in [3.05, 3.63) is 0 Å². The molecule has 4 heteroatoms. The second kappa shape index (κ2) is 9.09. The molecule has 0 spiro atoms. The van der Waals surface area contributed by atoms with Crippen LogP contribution in [0.4, 0.5) is 7.10 Å². The maximum absolute atomic E-state index is 9.53. The van der Waals surface area contributed by atoms with Crippen LogP contribution in [0.15, 0.2) is 0 Å². The molecule has 0 amide bonds. The van der Waals surface area contributed by atoms with Gasteiger partial charge in [-0.05, 0) is 0 Å². The van der Waals surface area contributed by atoms with E-state index in [2.05, 4.69) is 0 Å². The number of hydrogen-bond acceptors (Lipinski definition) is 0. The molecule has 0 rings (SSSR count). The van der Waals surface area contributed by atoms with Gasteiger partial charge in [-0.2, -0.15) is 0 Å². The summed E-state index contributed by atoms with van der Waals surface area (Å²) in [6.07, 6.45) is 0. The molecule has 0 unspecified atom stereocenters. The van der Waals surface area contributed by atoms with E-state index in [1.165, 1.54) is 0 Å². The smallest absolute Gasteiger partial charge is 0 e. The average molecular weight is 156 g/mol. The standard InChI is InChI=1S/Cu.2FH.Mn/h;2*1H;/q+2;;;/p-2. The molecule has 32 valence electrons. The molecule has 0 N–H and O–H groups in total. The van der Waals surface area contributed by atoms with Crippen LogP contribution in [-0.2, 0) is 32.9 Å². The van der Waals surface area contributed by atoms with E-state index in [-0.39, 0.29) is 17.1 Å². The first-order chi connectivity index (χ1) is 1.41. The molecule has 0 nitrogen and oxygen atoms in total. The maximum atomic E-state index is 9.53. The Morgan fingerprint density at radius 1 is 1.25 bits per heavy atom. The summed E-state index contributed by atoms with van der Waals surface area (Å²) in [6, 6.07) is 0. The van der Waals surface area contributed by atoms with Gasteiger partial charge in [-0.15, -0.1) is 0 Å². The van der Waals surface area contributed by atoms with Gasteiger partial charge in [0.2, 0.25) is 0 Å². The molecule has 0 heterocycles. The van der Waals surface area contributed by atoms with Crippen molar-refractivity contribution in [2.24, 2.45) is 0 Å². The van der Waals surface area contributed by atoms with Crippen molar-refractivity contribution in [1.82, 2.24) is 0 Å². The molecular weight excluding hydrogens is 156 g/mol. The Kier molecular flexibility index (Phi) is 20.1. The summed E-state index contributed by atoms with van der Waals surface area (Å²) < 4.78 is 19.1.